The molecule has 0 aromatic heterocycles. The maximum Gasteiger partial charge on any atom is 0.171 e. The smallest absolute Gasteiger partial charge is 0.171 e. The van der Waals surface area contributed by atoms with Gasteiger partial charge in [0.25, 0.3) is 0 Å². The average molecular weight is 272 g/mol. The van der Waals surface area contributed by atoms with E-state index in [9.17, 15) is 8.76 Å². The molecule has 1 atom stereocenters. The fraction of sp³-hybridized carbons (Fsp3) is 0.273. The average Bonchev–Trinajstić information content (AvgIpc) is 2.72. The molecule has 0 amide bonds. The van der Waals surface area contributed by atoms with Gasteiger partial charge in [-0.1, -0.05) is 6.07 Å². The van der Waals surface area contributed by atoms with E-state index in [0.717, 1.165) is 11.1 Å². The minimum atomic E-state index is -3.33. The van der Waals surface area contributed by atoms with E-state index in [0.29, 0.717) is 18.8 Å². The van der Waals surface area contributed by atoms with Gasteiger partial charge in [0, 0.05) is 17.6 Å². The number of aryl methyl sites for hydroxylation is 1. The third-order valence-corrected chi connectivity index (χ3v) is 3.96. The molecule has 92 valence electrons. The Morgan fingerprint density at radius 3 is 2.88 bits per heavy atom. The van der Waals surface area contributed by atoms with Crippen molar-refractivity contribution in [1.29, 1.82) is 0 Å². The van der Waals surface area contributed by atoms with E-state index in [4.69, 9.17) is 9.78 Å². The second-order valence-corrected chi connectivity index (χ2v) is 6.56. The van der Waals surface area contributed by atoms with Crippen molar-refractivity contribution in [3.63, 3.8) is 0 Å². The Kier molecular flexibility index (Phi) is 3.48. The van der Waals surface area contributed by atoms with E-state index in [1.807, 2.05) is 13.0 Å². The summed E-state index contributed by atoms with van der Waals surface area (Å²) in [5, 5.41) is 0. The summed E-state index contributed by atoms with van der Waals surface area (Å²) in [5.74, 6) is 0.707. The SMILES string of the molecule is Cc1ccc(S(=O)(O)=S)cc1CC1=CCOO1. The van der Waals surface area contributed by atoms with Gasteiger partial charge in [0.05, 0.1) is 4.90 Å². The molecule has 4 nitrogen and oxygen atoms in total. The highest BCUT2D eigenvalue weighted by atomic mass is 32.8. The molecule has 6 heteroatoms. The van der Waals surface area contributed by atoms with Gasteiger partial charge in [-0.3, -0.25) is 0 Å². The first-order valence-corrected chi connectivity index (χ1v) is 7.46. The number of benzene rings is 1. The van der Waals surface area contributed by atoms with Crippen molar-refractivity contribution in [2.24, 2.45) is 0 Å². The molecule has 1 aromatic rings. The number of hydrogen-bond acceptors (Lipinski definition) is 4. The molecule has 0 saturated heterocycles. The quantitative estimate of drug-likeness (QED) is 0.852. The monoisotopic (exact) mass is 272 g/mol. The summed E-state index contributed by atoms with van der Waals surface area (Å²) < 4.78 is 20.7. The Balaban J connectivity index is 2.32. The van der Waals surface area contributed by atoms with E-state index < -0.39 is 8.77 Å². The predicted octanol–water partition coefficient (Wildman–Crippen LogP) is 1.96. The lowest BCUT2D eigenvalue weighted by atomic mass is 10.0. The van der Waals surface area contributed by atoms with Gasteiger partial charge < -0.3 is 9.44 Å². The second kappa shape index (κ2) is 4.73. The molecular weight excluding hydrogens is 260 g/mol. The van der Waals surface area contributed by atoms with E-state index in [-0.39, 0.29) is 4.90 Å². The molecular formula is C11H12O4S2. The normalized spacial score (nSPS) is 18.4. The molecule has 0 saturated carbocycles. The molecule has 1 aliphatic rings. The lowest BCUT2D eigenvalue weighted by Crippen LogP contribution is -2.00. The van der Waals surface area contributed by atoms with Crippen LogP contribution in [0.25, 0.3) is 0 Å². The van der Waals surface area contributed by atoms with Crippen molar-refractivity contribution in [3.8, 4) is 0 Å². The zero-order valence-corrected chi connectivity index (χ0v) is 10.8. The largest absolute Gasteiger partial charge is 0.342 e. The first-order valence-electron chi connectivity index (χ1n) is 5.02. The van der Waals surface area contributed by atoms with Gasteiger partial charge in [-0.2, -0.15) is 4.89 Å². The van der Waals surface area contributed by atoms with Gasteiger partial charge in [-0.05, 0) is 36.3 Å². The van der Waals surface area contributed by atoms with Crippen molar-refractivity contribution in [1.82, 2.24) is 0 Å². The number of allylic oxidation sites excluding steroid dienone is 1. The molecule has 1 aliphatic heterocycles. The van der Waals surface area contributed by atoms with Crippen LogP contribution in [0.3, 0.4) is 0 Å². The van der Waals surface area contributed by atoms with E-state index in [1.165, 1.54) is 0 Å². The van der Waals surface area contributed by atoms with Crippen LogP contribution in [0, 0.1) is 6.92 Å². The first-order chi connectivity index (χ1) is 7.97. The summed E-state index contributed by atoms with van der Waals surface area (Å²) in [7, 11) is -3.33. The highest BCUT2D eigenvalue weighted by Crippen LogP contribution is 2.20. The van der Waals surface area contributed by atoms with Crippen molar-refractivity contribution >= 4 is 20.0 Å². The van der Waals surface area contributed by atoms with Crippen LogP contribution in [0.15, 0.2) is 34.9 Å². The zero-order chi connectivity index (χ0) is 12.5. The predicted molar refractivity (Wildman–Crippen MR) is 66.4 cm³/mol. The fourth-order valence-corrected chi connectivity index (χ4v) is 2.40. The summed E-state index contributed by atoms with van der Waals surface area (Å²) >= 11 is 4.55. The molecule has 0 spiro atoms. The Labute approximate surface area is 105 Å². The lowest BCUT2D eigenvalue weighted by molar-refractivity contribution is -0.234. The van der Waals surface area contributed by atoms with Crippen molar-refractivity contribution in [2.45, 2.75) is 18.2 Å². The molecule has 17 heavy (non-hydrogen) atoms. The van der Waals surface area contributed by atoms with Gasteiger partial charge >= 0.3 is 0 Å². The Hall–Kier alpha value is -0.950. The maximum atomic E-state index is 11.4. The minimum absolute atomic E-state index is 0.257. The summed E-state index contributed by atoms with van der Waals surface area (Å²) in [6, 6.07) is 5.00. The van der Waals surface area contributed by atoms with Gasteiger partial charge in [0.2, 0.25) is 0 Å². The van der Waals surface area contributed by atoms with Gasteiger partial charge in [0.15, 0.2) is 8.77 Å². The number of rotatable bonds is 3. The summed E-state index contributed by atoms with van der Waals surface area (Å²) in [5.41, 5.74) is 1.93. The van der Waals surface area contributed by atoms with Crippen molar-refractivity contribution in [2.75, 3.05) is 6.61 Å². The fourth-order valence-electron chi connectivity index (χ4n) is 1.56. The van der Waals surface area contributed by atoms with Crippen molar-refractivity contribution < 1.29 is 18.5 Å². The first kappa shape index (κ1) is 12.5. The van der Waals surface area contributed by atoms with Crippen LogP contribution in [0.1, 0.15) is 11.1 Å². The highest BCUT2D eigenvalue weighted by Gasteiger charge is 2.12. The zero-order valence-electron chi connectivity index (χ0n) is 9.21. The van der Waals surface area contributed by atoms with Crippen LogP contribution >= 0.6 is 0 Å². The van der Waals surface area contributed by atoms with Gasteiger partial charge in [-0.25, -0.2) is 4.21 Å². The molecule has 0 bridgehead atoms. The molecule has 1 heterocycles. The summed E-state index contributed by atoms with van der Waals surface area (Å²) in [4.78, 5) is 9.94. The molecule has 0 fully saturated rings. The van der Waals surface area contributed by atoms with Gasteiger partial charge in [-0.15, -0.1) is 0 Å². The van der Waals surface area contributed by atoms with Crippen LogP contribution in [0.2, 0.25) is 0 Å². The molecule has 1 N–H and O–H groups in total. The van der Waals surface area contributed by atoms with Crippen LogP contribution < -0.4 is 0 Å². The van der Waals surface area contributed by atoms with Crippen LogP contribution in [0.5, 0.6) is 0 Å². The molecule has 0 aliphatic carbocycles. The lowest BCUT2D eigenvalue weighted by Gasteiger charge is -2.08. The second-order valence-electron chi connectivity index (χ2n) is 3.78. The summed E-state index contributed by atoms with van der Waals surface area (Å²) in [6.07, 6.45) is 2.36. The third-order valence-electron chi connectivity index (χ3n) is 2.53. The van der Waals surface area contributed by atoms with E-state index in [1.54, 1.807) is 18.2 Å². The van der Waals surface area contributed by atoms with Crippen LogP contribution in [-0.4, -0.2) is 15.4 Å². The van der Waals surface area contributed by atoms with Crippen molar-refractivity contribution in [3.05, 3.63) is 41.2 Å². The Morgan fingerprint density at radius 1 is 1.53 bits per heavy atom. The van der Waals surface area contributed by atoms with E-state index in [2.05, 4.69) is 11.2 Å². The third kappa shape index (κ3) is 3.04. The standard InChI is InChI=1S/C11H12O4S2/c1-8-2-3-11(17(12,13)16)7-9(8)6-10-4-5-14-15-10/h2-4,7H,5-6H2,1H3,(H,12,13,16). The molecule has 1 aromatic carbocycles. The highest BCUT2D eigenvalue weighted by molar-refractivity contribution is 8.29. The molecule has 0 radical (unpaired) electrons. The van der Waals surface area contributed by atoms with Crippen LogP contribution in [0.4, 0.5) is 0 Å². The minimum Gasteiger partial charge on any atom is -0.342 e. The van der Waals surface area contributed by atoms with Gasteiger partial charge in [0.1, 0.15) is 12.4 Å². The Bertz CT molecular complexity index is 561. The number of hydrogen-bond donors (Lipinski definition) is 1. The Morgan fingerprint density at radius 2 is 2.29 bits per heavy atom. The maximum absolute atomic E-state index is 11.4. The molecule has 1 unspecified atom stereocenters. The molecule has 2 rings (SSSR count). The summed E-state index contributed by atoms with van der Waals surface area (Å²) in [6.45, 7) is 2.36. The topological polar surface area (TPSA) is 55.8 Å². The van der Waals surface area contributed by atoms with E-state index >= 15 is 0 Å². The van der Waals surface area contributed by atoms with Crippen LogP contribution in [-0.2, 0) is 36.2 Å².